The van der Waals surface area contributed by atoms with E-state index in [-0.39, 0.29) is 23.2 Å². The highest BCUT2D eigenvalue weighted by Crippen LogP contribution is 2.12. The Balaban J connectivity index is 2.24. The van der Waals surface area contributed by atoms with Crippen LogP contribution in [-0.2, 0) is 19.2 Å². The summed E-state index contributed by atoms with van der Waals surface area (Å²) in [7, 11) is 0. The molecule has 8 nitrogen and oxygen atoms in total. The summed E-state index contributed by atoms with van der Waals surface area (Å²) in [6.45, 7) is 3.37. The third-order valence-electron chi connectivity index (χ3n) is 2.56. The van der Waals surface area contributed by atoms with Gasteiger partial charge in [-0.2, -0.15) is 0 Å². The Morgan fingerprint density at radius 1 is 1.00 bits per heavy atom. The maximum atomic E-state index is 13.4. The molecule has 0 aliphatic rings. The van der Waals surface area contributed by atoms with Crippen LogP contribution in [0, 0.1) is 5.82 Å². The second-order valence-corrected chi connectivity index (χ2v) is 6.14. The number of hydrazine groups is 1. The minimum atomic E-state index is -0.996. The van der Waals surface area contributed by atoms with E-state index in [1.54, 1.807) is 19.9 Å². The SMILES string of the molecule is CC(C)NC(=O)C(=O)NNC(=O)CSCC(=O)Nc1ccccc1F. The first-order valence-corrected chi connectivity index (χ1v) is 8.47. The lowest BCUT2D eigenvalue weighted by atomic mass is 10.3. The summed E-state index contributed by atoms with van der Waals surface area (Å²) in [6, 6.07) is 5.51. The van der Waals surface area contributed by atoms with E-state index < -0.39 is 29.4 Å². The van der Waals surface area contributed by atoms with Crippen molar-refractivity contribution in [2.24, 2.45) is 0 Å². The van der Waals surface area contributed by atoms with Crippen molar-refractivity contribution in [2.45, 2.75) is 19.9 Å². The molecule has 1 aromatic carbocycles. The summed E-state index contributed by atoms with van der Waals surface area (Å²) >= 11 is 0.967. The van der Waals surface area contributed by atoms with Crippen molar-refractivity contribution in [3.63, 3.8) is 0 Å². The van der Waals surface area contributed by atoms with Crippen LogP contribution in [0.2, 0.25) is 0 Å². The highest BCUT2D eigenvalue weighted by atomic mass is 32.2. The number of hydrogen-bond acceptors (Lipinski definition) is 5. The smallest absolute Gasteiger partial charge is 0.327 e. The van der Waals surface area contributed by atoms with Gasteiger partial charge >= 0.3 is 11.8 Å². The molecule has 1 aromatic rings. The van der Waals surface area contributed by atoms with Gasteiger partial charge in [0.25, 0.3) is 0 Å². The molecule has 10 heteroatoms. The van der Waals surface area contributed by atoms with Crippen LogP contribution in [0.15, 0.2) is 24.3 Å². The summed E-state index contributed by atoms with van der Waals surface area (Å²) in [4.78, 5) is 45.8. The number of carbonyl (C=O) groups is 4. The summed E-state index contributed by atoms with van der Waals surface area (Å²) in [5.41, 5.74) is 4.07. The number of rotatable bonds is 6. The van der Waals surface area contributed by atoms with Crippen LogP contribution >= 0.6 is 11.8 Å². The normalized spacial score (nSPS) is 10.1. The fourth-order valence-electron chi connectivity index (χ4n) is 1.53. The lowest BCUT2D eigenvalue weighted by molar-refractivity contribution is -0.141. The van der Waals surface area contributed by atoms with E-state index in [4.69, 9.17) is 0 Å². The number of hydrogen-bond donors (Lipinski definition) is 4. The Morgan fingerprint density at radius 3 is 2.28 bits per heavy atom. The van der Waals surface area contributed by atoms with Gasteiger partial charge in [0.1, 0.15) is 5.82 Å². The Kier molecular flexibility index (Phi) is 8.40. The number of anilines is 1. The van der Waals surface area contributed by atoms with E-state index in [2.05, 4.69) is 16.1 Å². The van der Waals surface area contributed by atoms with Crippen molar-refractivity contribution in [3.05, 3.63) is 30.1 Å². The van der Waals surface area contributed by atoms with Gasteiger partial charge in [0.2, 0.25) is 11.8 Å². The van der Waals surface area contributed by atoms with E-state index in [0.717, 1.165) is 11.8 Å². The largest absolute Gasteiger partial charge is 0.346 e. The van der Waals surface area contributed by atoms with Gasteiger partial charge in [0.05, 0.1) is 17.2 Å². The average Bonchev–Trinajstić information content (AvgIpc) is 2.54. The molecule has 4 N–H and O–H groups in total. The van der Waals surface area contributed by atoms with Gasteiger partial charge < -0.3 is 10.6 Å². The predicted molar refractivity (Wildman–Crippen MR) is 91.9 cm³/mol. The highest BCUT2D eigenvalue weighted by molar-refractivity contribution is 8.00. The molecule has 0 fully saturated rings. The molecule has 0 radical (unpaired) electrons. The monoisotopic (exact) mass is 370 g/mol. The predicted octanol–water partition coefficient (Wildman–Crippen LogP) is 0.169. The zero-order chi connectivity index (χ0) is 18.8. The first kappa shape index (κ1) is 20.4. The van der Waals surface area contributed by atoms with E-state index in [1.807, 2.05) is 5.43 Å². The summed E-state index contributed by atoms with van der Waals surface area (Å²) in [5.74, 6) is -3.68. The molecule has 0 unspecified atom stereocenters. The topological polar surface area (TPSA) is 116 Å². The summed E-state index contributed by atoms with van der Waals surface area (Å²) < 4.78 is 13.4. The van der Waals surface area contributed by atoms with E-state index >= 15 is 0 Å². The van der Waals surface area contributed by atoms with Gasteiger partial charge in [-0.15, -0.1) is 11.8 Å². The van der Waals surface area contributed by atoms with Crippen LogP contribution in [0.25, 0.3) is 0 Å². The van der Waals surface area contributed by atoms with Gasteiger partial charge in [-0.1, -0.05) is 12.1 Å². The maximum Gasteiger partial charge on any atom is 0.327 e. The zero-order valence-electron chi connectivity index (χ0n) is 13.7. The quantitative estimate of drug-likeness (QED) is 0.421. The molecule has 0 aromatic heterocycles. The number of carbonyl (C=O) groups excluding carboxylic acids is 4. The first-order chi connectivity index (χ1) is 11.8. The molecule has 0 aliphatic carbocycles. The molecule has 25 heavy (non-hydrogen) atoms. The lowest BCUT2D eigenvalue weighted by Gasteiger charge is -2.09. The molecule has 0 heterocycles. The van der Waals surface area contributed by atoms with Gasteiger partial charge in [0.15, 0.2) is 0 Å². The minimum Gasteiger partial charge on any atom is -0.346 e. The summed E-state index contributed by atoms with van der Waals surface area (Å²) in [6.07, 6.45) is 0. The molecular formula is C15H19FN4O4S. The molecule has 1 rings (SSSR count). The number of para-hydroxylation sites is 1. The van der Waals surface area contributed by atoms with Crippen LogP contribution in [0.1, 0.15) is 13.8 Å². The van der Waals surface area contributed by atoms with Crippen molar-refractivity contribution in [1.29, 1.82) is 0 Å². The molecule has 0 aliphatic heterocycles. The fraction of sp³-hybridized carbons (Fsp3) is 0.333. The molecule has 0 saturated heterocycles. The van der Waals surface area contributed by atoms with E-state index in [0.29, 0.717) is 0 Å². The first-order valence-electron chi connectivity index (χ1n) is 7.31. The van der Waals surface area contributed by atoms with Crippen LogP contribution in [-0.4, -0.2) is 41.2 Å². The van der Waals surface area contributed by atoms with Crippen molar-refractivity contribution >= 4 is 41.1 Å². The summed E-state index contributed by atoms with van der Waals surface area (Å²) in [5, 5.41) is 4.74. The van der Waals surface area contributed by atoms with Gasteiger partial charge in [-0.05, 0) is 26.0 Å². The molecule has 0 saturated carbocycles. The number of benzene rings is 1. The van der Waals surface area contributed by atoms with Crippen LogP contribution in [0.4, 0.5) is 10.1 Å². The van der Waals surface area contributed by atoms with Crippen molar-refractivity contribution in [3.8, 4) is 0 Å². The van der Waals surface area contributed by atoms with Crippen molar-refractivity contribution < 1.29 is 23.6 Å². The van der Waals surface area contributed by atoms with E-state index in [1.165, 1.54) is 18.2 Å². The number of nitrogens with one attached hydrogen (secondary N) is 4. The van der Waals surface area contributed by atoms with Crippen LogP contribution in [0.5, 0.6) is 0 Å². The van der Waals surface area contributed by atoms with Gasteiger partial charge in [0, 0.05) is 6.04 Å². The third-order valence-corrected chi connectivity index (χ3v) is 3.49. The van der Waals surface area contributed by atoms with Crippen LogP contribution in [0.3, 0.4) is 0 Å². The molecular weight excluding hydrogens is 351 g/mol. The van der Waals surface area contributed by atoms with Crippen molar-refractivity contribution in [2.75, 3.05) is 16.8 Å². The fourth-order valence-corrected chi connectivity index (χ4v) is 2.15. The maximum absolute atomic E-state index is 13.4. The molecule has 0 atom stereocenters. The highest BCUT2D eigenvalue weighted by Gasteiger charge is 2.15. The van der Waals surface area contributed by atoms with E-state index in [9.17, 15) is 23.6 Å². The molecule has 136 valence electrons. The average molecular weight is 370 g/mol. The van der Waals surface area contributed by atoms with Crippen molar-refractivity contribution in [1.82, 2.24) is 16.2 Å². The second kappa shape index (κ2) is 10.3. The molecule has 4 amide bonds. The number of amides is 4. The third kappa shape index (κ3) is 8.15. The molecule has 0 bridgehead atoms. The van der Waals surface area contributed by atoms with Gasteiger partial charge in [-0.3, -0.25) is 30.0 Å². The Bertz CT molecular complexity index is 654. The van der Waals surface area contributed by atoms with Crippen LogP contribution < -0.4 is 21.5 Å². The lowest BCUT2D eigenvalue weighted by Crippen LogP contribution is -2.50. The second-order valence-electron chi connectivity index (χ2n) is 5.15. The molecule has 0 spiro atoms. The Labute approximate surface area is 148 Å². The Hall–Kier alpha value is -2.62. The van der Waals surface area contributed by atoms with Gasteiger partial charge in [-0.25, -0.2) is 4.39 Å². The number of thioether (sulfide) groups is 1. The number of halogens is 1. The zero-order valence-corrected chi connectivity index (χ0v) is 14.5. The standard InChI is InChI=1S/C15H19FN4O4S/c1-9(2)17-14(23)15(24)20-19-13(22)8-25-7-12(21)18-11-6-4-3-5-10(11)16/h3-6,9H,7-8H2,1-2H3,(H,17,23)(H,18,21)(H,19,22)(H,20,24). The Morgan fingerprint density at radius 2 is 1.64 bits per heavy atom. The minimum absolute atomic E-state index is 0.0565.